The number of rotatable bonds is 5. The van der Waals surface area contributed by atoms with Gasteiger partial charge in [-0.2, -0.15) is 0 Å². The molecule has 0 aromatic rings. The molecule has 0 aromatic carbocycles. The van der Waals surface area contributed by atoms with Crippen molar-refractivity contribution in [1.82, 2.24) is 0 Å². The van der Waals surface area contributed by atoms with Crippen molar-refractivity contribution >= 4 is 0 Å². The SMILES string of the molecule is C/C=C\CC(/C=C/C(C)C)C(C)C. The second kappa shape index (κ2) is 6.94. The first-order chi connectivity index (χ1) is 6.07. The van der Waals surface area contributed by atoms with Crippen LogP contribution in [0.1, 0.15) is 41.0 Å². The first-order valence-electron chi connectivity index (χ1n) is 5.37. The van der Waals surface area contributed by atoms with Crippen molar-refractivity contribution in [3.8, 4) is 0 Å². The van der Waals surface area contributed by atoms with E-state index in [0.29, 0.717) is 11.8 Å². The predicted octanol–water partition coefficient (Wildman–Crippen LogP) is 4.44. The van der Waals surface area contributed by atoms with Gasteiger partial charge in [-0.25, -0.2) is 0 Å². The van der Waals surface area contributed by atoms with E-state index in [-0.39, 0.29) is 0 Å². The summed E-state index contributed by atoms with van der Waals surface area (Å²) < 4.78 is 0. The van der Waals surface area contributed by atoms with Gasteiger partial charge in [0.15, 0.2) is 0 Å². The first-order valence-corrected chi connectivity index (χ1v) is 5.37. The van der Waals surface area contributed by atoms with E-state index in [1.807, 2.05) is 0 Å². The third-order valence-corrected chi connectivity index (χ3v) is 2.24. The molecule has 0 fully saturated rings. The lowest BCUT2D eigenvalue weighted by Crippen LogP contribution is -2.04. The van der Waals surface area contributed by atoms with Crippen molar-refractivity contribution in [3.05, 3.63) is 24.3 Å². The van der Waals surface area contributed by atoms with Crippen LogP contribution in [0.2, 0.25) is 0 Å². The molecule has 0 aromatic heterocycles. The summed E-state index contributed by atoms with van der Waals surface area (Å²) in [6.45, 7) is 11.1. The summed E-state index contributed by atoms with van der Waals surface area (Å²) in [6, 6.07) is 0. The van der Waals surface area contributed by atoms with Gasteiger partial charge >= 0.3 is 0 Å². The second-order valence-electron chi connectivity index (χ2n) is 4.34. The largest absolute Gasteiger partial charge is 0.0916 e. The van der Waals surface area contributed by atoms with Gasteiger partial charge < -0.3 is 0 Å². The summed E-state index contributed by atoms with van der Waals surface area (Å²) in [7, 11) is 0. The van der Waals surface area contributed by atoms with Crippen LogP contribution in [0.4, 0.5) is 0 Å². The molecule has 0 N–H and O–H groups in total. The Morgan fingerprint density at radius 3 is 2.00 bits per heavy atom. The maximum Gasteiger partial charge on any atom is -0.0176 e. The summed E-state index contributed by atoms with van der Waals surface area (Å²) in [4.78, 5) is 0. The van der Waals surface area contributed by atoms with Gasteiger partial charge in [-0.3, -0.25) is 0 Å². The molecule has 0 heterocycles. The summed E-state index contributed by atoms with van der Waals surface area (Å²) in [5.41, 5.74) is 0. The summed E-state index contributed by atoms with van der Waals surface area (Å²) in [5.74, 6) is 2.12. The highest BCUT2D eigenvalue weighted by Gasteiger charge is 2.07. The van der Waals surface area contributed by atoms with E-state index in [4.69, 9.17) is 0 Å². The molecule has 0 rings (SSSR count). The molecule has 0 aliphatic rings. The lowest BCUT2D eigenvalue weighted by atomic mass is 9.91. The van der Waals surface area contributed by atoms with Gasteiger partial charge in [0, 0.05) is 0 Å². The Hall–Kier alpha value is -0.520. The Labute approximate surface area is 83.7 Å². The number of hydrogen-bond acceptors (Lipinski definition) is 0. The van der Waals surface area contributed by atoms with Crippen molar-refractivity contribution in [2.75, 3.05) is 0 Å². The third kappa shape index (κ3) is 6.62. The molecule has 0 nitrogen and oxygen atoms in total. The molecule has 0 saturated carbocycles. The average molecular weight is 180 g/mol. The zero-order valence-corrected chi connectivity index (χ0v) is 9.75. The van der Waals surface area contributed by atoms with Crippen LogP contribution in [0, 0.1) is 17.8 Å². The van der Waals surface area contributed by atoms with Crippen molar-refractivity contribution in [1.29, 1.82) is 0 Å². The molecule has 0 bridgehead atoms. The zero-order valence-electron chi connectivity index (χ0n) is 9.75. The lowest BCUT2D eigenvalue weighted by molar-refractivity contribution is 0.468. The van der Waals surface area contributed by atoms with Gasteiger partial charge in [0.05, 0.1) is 0 Å². The molecular formula is C13H24. The molecule has 0 aliphatic carbocycles. The van der Waals surface area contributed by atoms with Gasteiger partial charge in [0.25, 0.3) is 0 Å². The highest BCUT2D eigenvalue weighted by molar-refractivity contribution is 4.95. The fourth-order valence-corrected chi connectivity index (χ4v) is 1.23. The van der Waals surface area contributed by atoms with Crippen LogP contribution >= 0.6 is 0 Å². The van der Waals surface area contributed by atoms with E-state index >= 15 is 0 Å². The van der Waals surface area contributed by atoms with Crippen LogP contribution in [-0.2, 0) is 0 Å². The molecule has 0 radical (unpaired) electrons. The Morgan fingerprint density at radius 2 is 1.62 bits per heavy atom. The molecule has 1 atom stereocenters. The van der Waals surface area contributed by atoms with Crippen LogP contribution in [0.15, 0.2) is 24.3 Å². The Morgan fingerprint density at radius 1 is 1.00 bits per heavy atom. The molecule has 1 unspecified atom stereocenters. The molecule has 0 saturated heterocycles. The second-order valence-corrected chi connectivity index (χ2v) is 4.34. The van der Waals surface area contributed by atoms with Crippen LogP contribution in [0.5, 0.6) is 0 Å². The maximum atomic E-state index is 2.37. The van der Waals surface area contributed by atoms with Crippen molar-refractivity contribution in [2.45, 2.75) is 41.0 Å². The van der Waals surface area contributed by atoms with E-state index < -0.39 is 0 Å². The maximum absolute atomic E-state index is 2.37. The minimum Gasteiger partial charge on any atom is -0.0916 e. The normalized spacial score (nSPS) is 15.3. The molecule has 0 aliphatic heterocycles. The fourth-order valence-electron chi connectivity index (χ4n) is 1.23. The Kier molecular flexibility index (Phi) is 6.66. The van der Waals surface area contributed by atoms with Crippen LogP contribution in [0.3, 0.4) is 0 Å². The van der Waals surface area contributed by atoms with Gasteiger partial charge in [-0.1, -0.05) is 52.0 Å². The summed E-state index contributed by atoms with van der Waals surface area (Å²) in [6.07, 6.45) is 10.3. The summed E-state index contributed by atoms with van der Waals surface area (Å²) in [5, 5.41) is 0. The van der Waals surface area contributed by atoms with E-state index in [0.717, 1.165) is 5.92 Å². The Bertz CT molecular complexity index is 161. The van der Waals surface area contributed by atoms with E-state index in [1.54, 1.807) is 0 Å². The van der Waals surface area contributed by atoms with Gasteiger partial charge in [-0.15, -0.1) is 0 Å². The van der Waals surface area contributed by atoms with Gasteiger partial charge in [-0.05, 0) is 31.1 Å². The molecule has 0 spiro atoms. The first kappa shape index (κ1) is 12.5. The zero-order chi connectivity index (χ0) is 10.3. The highest BCUT2D eigenvalue weighted by Crippen LogP contribution is 2.18. The van der Waals surface area contributed by atoms with Gasteiger partial charge in [0.1, 0.15) is 0 Å². The fraction of sp³-hybridized carbons (Fsp3) is 0.692. The van der Waals surface area contributed by atoms with Gasteiger partial charge in [0.2, 0.25) is 0 Å². The molecule has 13 heavy (non-hydrogen) atoms. The number of allylic oxidation sites excluding steroid dienone is 4. The quantitative estimate of drug-likeness (QED) is 0.549. The van der Waals surface area contributed by atoms with Crippen LogP contribution in [0.25, 0.3) is 0 Å². The molecule has 0 amide bonds. The molecule has 76 valence electrons. The smallest absolute Gasteiger partial charge is 0.0176 e. The Balaban J connectivity index is 4.09. The van der Waals surface area contributed by atoms with Crippen LogP contribution in [-0.4, -0.2) is 0 Å². The standard InChI is InChI=1S/C13H24/c1-6-7-8-13(12(4)5)10-9-11(2)3/h6-7,9-13H,8H2,1-5H3/b7-6-,10-9+. The third-order valence-electron chi connectivity index (χ3n) is 2.24. The summed E-state index contributed by atoms with van der Waals surface area (Å²) >= 11 is 0. The van der Waals surface area contributed by atoms with Crippen molar-refractivity contribution in [2.24, 2.45) is 17.8 Å². The van der Waals surface area contributed by atoms with E-state index in [2.05, 4.69) is 58.9 Å². The minimum absolute atomic E-state index is 0.673. The van der Waals surface area contributed by atoms with E-state index in [9.17, 15) is 0 Å². The number of hydrogen-bond donors (Lipinski definition) is 0. The van der Waals surface area contributed by atoms with Crippen molar-refractivity contribution < 1.29 is 0 Å². The average Bonchev–Trinajstić information content (AvgIpc) is 2.03. The monoisotopic (exact) mass is 180 g/mol. The topological polar surface area (TPSA) is 0 Å². The highest BCUT2D eigenvalue weighted by atomic mass is 14.1. The minimum atomic E-state index is 0.673. The predicted molar refractivity (Wildman–Crippen MR) is 61.7 cm³/mol. The van der Waals surface area contributed by atoms with Crippen LogP contribution < -0.4 is 0 Å². The lowest BCUT2D eigenvalue weighted by Gasteiger charge is -2.15. The molecule has 0 heteroatoms. The van der Waals surface area contributed by atoms with E-state index in [1.165, 1.54) is 6.42 Å². The van der Waals surface area contributed by atoms with Crippen molar-refractivity contribution in [3.63, 3.8) is 0 Å². The molecular weight excluding hydrogens is 156 g/mol.